The van der Waals surface area contributed by atoms with Crippen LogP contribution in [0, 0.1) is 16.0 Å². The van der Waals surface area contributed by atoms with Crippen molar-refractivity contribution in [2.24, 2.45) is 5.92 Å². The summed E-state index contributed by atoms with van der Waals surface area (Å²) < 4.78 is 6.04. The molecule has 0 radical (unpaired) electrons. The van der Waals surface area contributed by atoms with Crippen LogP contribution < -0.4 is 4.74 Å². The number of hydrogen-bond donors (Lipinski definition) is 0. The van der Waals surface area contributed by atoms with Gasteiger partial charge in [-0.1, -0.05) is 43.1 Å². The van der Waals surface area contributed by atoms with Crippen molar-refractivity contribution in [2.45, 2.75) is 51.5 Å². The van der Waals surface area contributed by atoms with Crippen LogP contribution in [0.15, 0.2) is 18.2 Å². The SMILES string of the molecule is CCC(C)CC(CC)Oc1ccc([N+](=O)[O-])cc1CBr. The molecule has 1 aromatic rings. The number of hydrogen-bond acceptors (Lipinski definition) is 3. The predicted molar refractivity (Wildman–Crippen MR) is 84.5 cm³/mol. The maximum absolute atomic E-state index is 10.8. The lowest BCUT2D eigenvalue weighted by Gasteiger charge is -2.22. The number of alkyl halides is 1. The Morgan fingerprint density at radius 3 is 2.55 bits per heavy atom. The molecule has 0 aliphatic carbocycles. The van der Waals surface area contributed by atoms with Crippen molar-refractivity contribution >= 4 is 21.6 Å². The van der Waals surface area contributed by atoms with Gasteiger partial charge >= 0.3 is 0 Å². The molecular weight excluding hydrogens is 322 g/mol. The van der Waals surface area contributed by atoms with Crippen molar-refractivity contribution in [3.63, 3.8) is 0 Å². The van der Waals surface area contributed by atoms with Crippen molar-refractivity contribution in [1.82, 2.24) is 0 Å². The Hall–Kier alpha value is -1.10. The molecule has 0 spiro atoms. The van der Waals surface area contributed by atoms with Gasteiger partial charge < -0.3 is 4.74 Å². The number of nitrogens with zero attached hydrogens (tertiary/aromatic N) is 1. The van der Waals surface area contributed by atoms with E-state index in [9.17, 15) is 10.1 Å². The number of nitro benzene ring substituents is 1. The standard InChI is InChI=1S/C15H22BrNO3/c1-4-11(3)8-14(5-2)20-15-7-6-13(17(18)19)9-12(15)10-16/h6-7,9,11,14H,4-5,8,10H2,1-3H3. The van der Waals surface area contributed by atoms with E-state index in [1.54, 1.807) is 12.1 Å². The van der Waals surface area contributed by atoms with Crippen LogP contribution >= 0.6 is 15.9 Å². The molecule has 2 atom stereocenters. The van der Waals surface area contributed by atoms with E-state index in [4.69, 9.17) is 4.74 Å². The molecule has 0 N–H and O–H groups in total. The molecule has 0 bridgehead atoms. The molecular formula is C15H22BrNO3. The average molecular weight is 344 g/mol. The Morgan fingerprint density at radius 1 is 1.35 bits per heavy atom. The summed E-state index contributed by atoms with van der Waals surface area (Å²) in [4.78, 5) is 10.4. The fourth-order valence-electron chi connectivity index (χ4n) is 1.99. The van der Waals surface area contributed by atoms with E-state index in [0.29, 0.717) is 11.2 Å². The summed E-state index contributed by atoms with van der Waals surface area (Å²) in [7, 11) is 0. The van der Waals surface area contributed by atoms with E-state index in [0.717, 1.165) is 30.6 Å². The van der Waals surface area contributed by atoms with E-state index >= 15 is 0 Å². The molecule has 0 aromatic heterocycles. The van der Waals surface area contributed by atoms with Gasteiger partial charge in [-0.05, 0) is 24.8 Å². The lowest BCUT2D eigenvalue weighted by Crippen LogP contribution is -2.19. The molecule has 20 heavy (non-hydrogen) atoms. The Kier molecular flexibility index (Phi) is 6.99. The van der Waals surface area contributed by atoms with Crippen LogP contribution in [0.25, 0.3) is 0 Å². The van der Waals surface area contributed by atoms with Gasteiger partial charge in [0.15, 0.2) is 0 Å². The van der Waals surface area contributed by atoms with Gasteiger partial charge in [-0.2, -0.15) is 0 Å². The fourth-order valence-corrected chi connectivity index (χ4v) is 2.43. The van der Waals surface area contributed by atoms with Gasteiger partial charge in [-0.25, -0.2) is 0 Å². The summed E-state index contributed by atoms with van der Waals surface area (Å²) in [6.07, 6.45) is 3.23. The largest absolute Gasteiger partial charge is 0.490 e. The van der Waals surface area contributed by atoms with Gasteiger partial charge in [-0.15, -0.1) is 0 Å². The topological polar surface area (TPSA) is 52.4 Å². The maximum atomic E-state index is 10.8. The van der Waals surface area contributed by atoms with Crippen molar-refractivity contribution in [3.05, 3.63) is 33.9 Å². The molecule has 1 rings (SSSR count). The summed E-state index contributed by atoms with van der Waals surface area (Å²) in [5, 5.41) is 11.3. The number of nitro groups is 1. The van der Waals surface area contributed by atoms with E-state index in [1.165, 1.54) is 6.07 Å². The maximum Gasteiger partial charge on any atom is 0.270 e. The van der Waals surface area contributed by atoms with Crippen LogP contribution in [-0.2, 0) is 5.33 Å². The Balaban J connectivity index is 2.87. The van der Waals surface area contributed by atoms with Crippen molar-refractivity contribution in [3.8, 4) is 5.75 Å². The van der Waals surface area contributed by atoms with Crippen LogP contribution in [0.2, 0.25) is 0 Å². The molecule has 0 amide bonds. The summed E-state index contributed by atoms with van der Waals surface area (Å²) in [5.74, 6) is 1.35. The molecule has 0 saturated heterocycles. The van der Waals surface area contributed by atoms with Crippen LogP contribution in [0.5, 0.6) is 5.75 Å². The van der Waals surface area contributed by atoms with Gasteiger partial charge in [0.2, 0.25) is 0 Å². The highest BCUT2D eigenvalue weighted by Gasteiger charge is 2.16. The van der Waals surface area contributed by atoms with Crippen molar-refractivity contribution < 1.29 is 9.66 Å². The third-order valence-electron chi connectivity index (χ3n) is 3.51. The fraction of sp³-hybridized carbons (Fsp3) is 0.600. The van der Waals surface area contributed by atoms with Crippen LogP contribution in [0.1, 0.15) is 45.6 Å². The zero-order chi connectivity index (χ0) is 15.1. The minimum atomic E-state index is -0.383. The first-order valence-corrected chi connectivity index (χ1v) is 8.13. The van der Waals surface area contributed by atoms with Gasteiger partial charge in [0.05, 0.1) is 11.0 Å². The Bertz CT molecular complexity index is 451. The monoisotopic (exact) mass is 343 g/mol. The Labute approximate surface area is 128 Å². The third kappa shape index (κ3) is 4.78. The number of ether oxygens (including phenoxy) is 1. The molecule has 0 aliphatic heterocycles. The third-order valence-corrected chi connectivity index (χ3v) is 4.11. The van der Waals surface area contributed by atoms with Gasteiger partial charge in [0.1, 0.15) is 5.75 Å². The first kappa shape index (κ1) is 17.0. The number of benzene rings is 1. The smallest absolute Gasteiger partial charge is 0.270 e. The second-order valence-corrected chi connectivity index (χ2v) is 5.64. The lowest BCUT2D eigenvalue weighted by molar-refractivity contribution is -0.384. The predicted octanol–water partition coefficient (Wildman–Crippen LogP) is 5.08. The number of halogens is 1. The van der Waals surface area contributed by atoms with Crippen molar-refractivity contribution in [2.75, 3.05) is 0 Å². The normalized spacial score (nSPS) is 13.8. The molecule has 0 aliphatic rings. The second-order valence-electron chi connectivity index (χ2n) is 5.08. The van der Waals surface area contributed by atoms with Crippen LogP contribution in [-0.4, -0.2) is 11.0 Å². The van der Waals surface area contributed by atoms with E-state index in [2.05, 4.69) is 36.7 Å². The zero-order valence-corrected chi connectivity index (χ0v) is 13.9. The molecule has 4 nitrogen and oxygen atoms in total. The highest BCUT2D eigenvalue weighted by Crippen LogP contribution is 2.28. The van der Waals surface area contributed by atoms with Crippen molar-refractivity contribution in [1.29, 1.82) is 0 Å². The quantitative estimate of drug-likeness (QED) is 0.375. The van der Waals surface area contributed by atoms with Gasteiger partial charge in [0, 0.05) is 23.0 Å². The van der Waals surface area contributed by atoms with E-state index in [-0.39, 0.29) is 16.7 Å². The molecule has 112 valence electrons. The first-order valence-electron chi connectivity index (χ1n) is 7.01. The van der Waals surface area contributed by atoms with E-state index < -0.39 is 0 Å². The minimum Gasteiger partial charge on any atom is -0.490 e. The first-order chi connectivity index (χ1) is 9.51. The molecule has 5 heteroatoms. The minimum absolute atomic E-state index is 0.0989. The molecule has 0 saturated carbocycles. The van der Waals surface area contributed by atoms with E-state index in [1.807, 2.05) is 0 Å². The summed E-state index contributed by atoms with van der Waals surface area (Å²) in [6.45, 7) is 6.49. The highest BCUT2D eigenvalue weighted by molar-refractivity contribution is 9.08. The number of rotatable bonds is 8. The van der Waals surface area contributed by atoms with Crippen LogP contribution in [0.4, 0.5) is 5.69 Å². The summed E-state index contributed by atoms with van der Waals surface area (Å²) in [5.41, 5.74) is 0.920. The van der Waals surface area contributed by atoms with Crippen LogP contribution in [0.3, 0.4) is 0 Å². The Morgan fingerprint density at radius 2 is 2.05 bits per heavy atom. The lowest BCUT2D eigenvalue weighted by atomic mass is 9.99. The molecule has 0 fully saturated rings. The second kappa shape index (κ2) is 8.25. The summed E-state index contributed by atoms with van der Waals surface area (Å²) >= 11 is 3.37. The highest BCUT2D eigenvalue weighted by atomic mass is 79.9. The molecule has 2 unspecified atom stereocenters. The zero-order valence-electron chi connectivity index (χ0n) is 12.3. The number of non-ortho nitro benzene ring substituents is 1. The van der Waals surface area contributed by atoms with Gasteiger partial charge in [0.25, 0.3) is 5.69 Å². The molecule has 1 aromatic carbocycles. The molecule has 0 heterocycles. The van der Waals surface area contributed by atoms with Gasteiger partial charge in [-0.3, -0.25) is 10.1 Å². The summed E-state index contributed by atoms with van der Waals surface area (Å²) in [6, 6.07) is 4.77. The average Bonchev–Trinajstić information content (AvgIpc) is 2.46.